The number of hydrogen-bond donors (Lipinski definition) is 1. The lowest BCUT2D eigenvalue weighted by atomic mass is 10.1. The van der Waals surface area contributed by atoms with Gasteiger partial charge in [0.2, 0.25) is 5.91 Å². The van der Waals surface area contributed by atoms with E-state index in [2.05, 4.69) is 18.3 Å². The highest BCUT2D eigenvalue weighted by Gasteiger charge is 2.15. The molecule has 0 aromatic carbocycles. The van der Waals surface area contributed by atoms with E-state index in [4.69, 9.17) is 4.74 Å². The Hall–Kier alpha value is -1.09. The van der Waals surface area contributed by atoms with Crippen molar-refractivity contribution in [1.29, 1.82) is 0 Å². The van der Waals surface area contributed by atoms with E-state index in [-0.39, 0.29) is 12.0 Å². The van der Waals surface area contributed by atoms with E-state index in [1.54, 1.807) is 6.08 Å². The van der Waals surface area contributed by atoms with Gasteiger partial charge in [-0.25, -0.2) is 0 Å². The summed E-state index contributed by atoms with van der Waals surface area (Å²) in [4.78, 5) is 11.5. The molecule has 108 valence electrons. The first-order valence-corrected chi connectivity index (χ1v) is 7.55. The molecular formula is C16H27NO2. The molecule has 0 aromatic heterocycles. The summed E-state index contributed by atoms with van der Waals surface area (Å²) in [6, 6.07) is 0. The van der Waals surface area contributed by atoms with Gasteiger partial charge < -0.3 is 10.1 Å². The molecule has 1 aliphatic rings. The summed E-state index contributed by atoms with van der Waals surface area (Å²) < 4.78 is 5.44. The van der Waals surface area contributed by atoms with Crippen molar-refractivity contribution in [2.24, 2.45) is 0 Å². The van der Waals surface area contributed by atoms with Crippen LogP contribution in [0, 0.1) is 0 Å². The summed E-state index contributed by atoms with van der Waals surface area (Å²) in [5.41, 5.74) is 0. The van der Waals surface area contributed by atoms with E-state index in [1.807, 2.05) is 12.2 Å². The van der Waals surface area contributed by atoms with Gasteiger partial charge in [-0.2, -0.15) is 0 Å². The minimum absolute atomic E-state index is 0.0360. The SMILES string of the molecule is CCCCCC/C=C/C=C/C(=O)NCC1CCCO1. The fourth-order valence-corrected chi connectivity index (χ4v) is 2.09. The lowest BCUT2D eigenvalue weighted by Gasteiger charge is -2.08. The maximum atomic E-state index is 11.5. The van der Waals surface area contributed by atoms with Crippen molar-refractivity contribution in [3.8, 4) is 0 Å². The molecule has 1 fully saturated rings. The Morgan fingerprint density at radius 2 is 2.21 bits per heavy atom. The summed E-state index contributed by atoms with van der Waals surface area (Å²) in [6.07, 6.45) is 16.1. The van der Waals surface area contributed by atoms with Crippen LogP contribution in [0.3, 0.4) is 0 Å². The Morgan fingerprint density at radius 1 is 1.32 bits per heavy atom. The average Bonchev–Trinajstić information content (AvgIpc) is 2.93. The van der Waals surface area contributed by atoms with Gasteiger partial charge in [0, 0.05) is 19.2 Å². The molecule has 3 heteroatoms. The highest BCUT2D eigenvalue weighted by atomic mass is 16.5. The highest BCUT2D eigenvalue weighted by molar-refractivity contribution is 5.87. The van der Waals surface area contributed by atoms with Gasteiger partial charge in [-0.05, 0) is 25.7 Å². The van der Waals surface area contributed by atoms with Crippen LogP contribution in [0.25, 0.3) is 0 Å². The topological polar surface area (TPSA) is 38.3 Å². The van der Waals surface area contributed by atoms with Gasteiger partial charge in [-0.1, -0.05) is 44.4 Å². The third-order valence-electron chi connectivity index (χ3n) is 3.25. The fraction of sp³-hybridized carbons (Fsp3) is 0.688. The number of allylic oxidation sites excluding steroid dienone is 3. The van der Waals surface area contributed by atoms with Crippen LogP contribution in [-0.2, 0) is 9.53 Å². The van der Waals surface area contributed by atoms with Crippen LogP contribution < -0.4 is 5.32 Å². The van der Waals surface area contributed by atoms with Crippen molar-refractivity contribution in [1.82, 2.24) is 5.32 Å². The molecule has 1 N–H and O–H groups in total. The van der Waals surface area contributed by atoms with Crippen LogP contribution in [0.4, 0.5) is 0 Å². The van der Waals surface area contributed by atoms with Crippen LogP contribution in [0.15, 0.2) is 24.3 Å². The maximum Gasteiger partial charge on any atom is 0.244 e. The van der Waals surface area contributed by atoms with Crippen LogP contribution in [0.1, 0.15) is 51.9 Å². The van der Waals surface area contributed by atoms with E-state index in [0.29, 0.717) is 6.54 Å². The van der Waals surface area contributed by atoms with Gasteiger partial charge in [0.05, 0.1) is 6.10 Å². The number of nitrogens with one attached hydrogen (secondary N) is 1. The zero-order valence-corrected chi connectivity index (χ0v) is 12.1. The lowest BCUT2D eigenvalue weighted by molar-refractivity contribution is -0.117. The van der Waals surface area contributed by atoms with Crippen LogP contribution >= 0.6 is 0 Å². The average molecular weight is 265 g/mol. The first-order chi connectivity index (χ1) is 9.33. The van der Waals surface area contributed by atoms with Crippen molar-refractivity contribution in [3.63, 3.8) is 0 Å². The Labute approximate surface area is 117 Å². The molecule has 1 unspecified atom stereocenters. The third kappa shape index (κ3) is 8.60. The molecule has 1 rings (SSSR count). The summed E-state index contributed by atoms with van der Waals surface area (Å²) in [5.74, 6) is -0.0360. The minimum Gasteiger partial charge on any atom is -0.376 e. The van der Waals surface area contributed by atoms with Gasteiger partial charge in [0.25, 0.3) is 0 Å². The number of unbranched alkanes of at least 4 members (excludes halogenated alkanes) is 4. The predicted octanol–water partition coefficient (Wildman–Crippen LogP) is 3.36. The van der Waals surface area contributed by atoms with Gasteiger partial charge in [-0.3, -0.25) is 4.79 Å². The first kappa shape index (κ1) is 16.0. The van der Waals surface area contributed by atoms with Crippen molar-refractivity contribution < 1.29 is 9.53 Å². The van der Waals surface area contributed by atoms with Crippen molar-refractivity contribution >= 4 is 5.91 Å². The largest absolute Gasteiger partial charge is 0.376 e. The molecule has 0 radical (unpaired) electrons. The Balaban J connectivity index is 2.00. The zero-order chi connectivity index (χ0) is 13.8. The summed E-state index contributed by atoms with van der Waals surface area (Å²) in [5, 5.41) is 2.86. The minimum atomic E-state index is -0.0360. The predicted molar refractivity (Wildman–Crippen MR) is 79.0 cm³/mol. The van der Waals surface area contributed by atoms with Crippen LogP contribution in [0.5, 0.6) is 0 Å². The standard InChI is InChI=1S/C16H27NO2/c1-2-3-4-5-6-7-8-9-12-16(18)17-14-15-11-10-13-19-15/h7-9,12,15H,2-6,10-11,13-14H2,1H3,(H,17,18)/b8-7+,12-9+. The van der Waals surface area contributed by atoms with Gasteiger partial charge >= 0.3 is 0 Å². The first-order valence-electron chi connectivity index (χ1n) is 7.55. The molecule has 3 nitrogen and oxygen atoms in total. The quantitative estimate of drug-likeness (QED) is 0.394. The molecule has 0 aromatic rings. The van der Waals surface area contributed by atoms with Gasteiger partial charge in [-0.15, -0.1) is 0 Å². The second-order valence-corrected chi connectivity index (χ2v) is 5.02. The van der Waals surface area contributed by atoms with E-state index in [1.165, 1.54) is 25.7 Å². The van der Waals surface area contributed by atoms with Crippen molar-refractivity contribution in [3.05, 3.63) is 24.3 Å². The smallest absolute Gasteiger partial charge is 0.244 e. The molecule has 1 atom stereocenters. The number of amides is 1. The molecular weight excluding hydrogens is 238 g/mol. The van der Waals surface area contributed by atoms with E-state index in [0.717, 1.165) is 25.9 Å². The molecule has 1 aliphatic heterocycles. The normalized spacial score (nSPS) is 19.5. The Kier molecular flexibility index (Phi) is 9.07. The maximum absolute atomic E-state index is 11.5. The van der Waals surface area contributed by atoms with E-state index < -0.39 is 0 Å². The number of hydrogen-bond acceptors (Lipinski definition) is 2. The molecule has 0 spiro atoms. The highest BCUT2D eigenvalue weighted by Crippen LogP contribution is 2.10. The van der Waals surface area contributed by atoms with Crippen LogP contribution in [-0.4, -0.2) is 25.2 Å². The third-order valence-corrected chi connectivity index (χ3v) is 3.25. The van der Waals surface area contributed by atoms with Crippen LogP contribution in [0.2, 0.25) is 0 Å². The monoisotopic (exact) mass is 265 g/mol. The van der Waals surface area contributed by atoms with E-state index >= 15 is 0 Å². The fourth-order valence-electron chi connectivity index (χ4n) is 2.09. The second kappa shape index (κ2) is 10.8. The Bertz CT molecular complexity index is 291. The van der Waals surface area contributed by atoms with Crippen molar-refractivity contribution in [2.75, 3.05) is 13.2 Å². The molecule has 19 heavy (non-hydrogen) atoms. The lowest BCUT2D eigenvalue weighted by Crippen LogP contribution is -2.30. The summed E-state index contributed by atoms with van der Waals surface area (Å²) in [7, 11) is 0. The Morgan fingerprint density at radius 3 is 2.95 bits per heavy atom. The number of carbonyl (C=O) groups excluding carboxylic acids is 1. The summed E-state index contributed by atoms with van der Waals surface area (Å²) in [6.45, 7) is 3.68. The summed E-state index contributed by atoms with van der Waals surface area (Å²) >= 11 is 0. The second-order valence-electron chi connectivity index (χ2n) is 5.02. The molecule has 0 saturated carbocycles. The molecule has 0 bridgehead atoms. The number of carbonyl (C=O) groups is 1. The molecule has 1 saturated heterocycles. The van der Waals surface area contributed by atoms with Gasteiger partial charge in [0.1, 0.15) is 0 Å². The number of rotatable bonds is 9. The van der Waals surface area contributed by atoms with Gasteiger partial charge in [0.15, 0.2) is 0 Å². The molecule has 1 heterocycles. The molecule has 0 aliphatic carbocycles. The van der Waals surface area contributed by atoms with Crippen molar-refractivity contribution in [2.45, 2.75) is 58.0 Å². The molecule has 1 amide bonds. The van der Waals surface area contributed by atoms with E-state index in [9.17, 15) is 4.79 Å². The number of ether oxygens (including phenoxy) is 1. The zero-order valence-electron chi connectivity index (χ0n) is 12.1.